The van der Waals surface area contributed by atoms with E-state index in [0.717, 1.165) is 50.6 Å². The maximum Gasteiger partial charge on any atom is 0.268 e. The van der Waals surface area contributed by atoms with Gasteiger partial charge in [0.25, 0.3) is 5.91 Å². The average molecular weight is 416 g/mol. The fraction of sp³-hybridized carbons (Fsp3) is 0.640. The lowest BCUT2D eigenvalue weighted by Gasteiger charge is -2.30. The Morgan fingerprint density at radius 3 is 2.60 bits per heavy atom. The summed E-state index contributed by atoms with van der Waals surface area (Å²) in [6.07, 6.45) is 15.4. The number of anilines is 1. The minimum atomic E-state index is -1.18. The van der Waals surface area contributed by atoms with Gasteiger partial charge in [-0.25, -0.2) is 0 Å². The number of hydrogen-bond donors (Lipinski definition) is 3. The van der Waals surface area contributed by atoms with E-state index in [4.69, 9.17) is 5.73 Å². The van der Waals surface area contributed by atoms with Crippen molar-refractivity contribution in [1.29, 1.82) is 0 Å². The topological polar surface area (TPSA) is 78.6 Å². The second kappa shape index (κ2) is 14.2. The van der Waals surface area contributed by atoms with Crippen LogP contribution < -0.4 is 16.2 Å². The first-order chi connectivity index (χ1) is 14.6. The first-order valence-electron chi connectivity index (χ1n) is 11.8. The summed E-state index contributed by atoms with van der Waals surface area (Å²) in [5.74, 6) is 0.122. The summed E-state index contributed by atoms with van der Waals surface area (Å²) in [6.45, 7) is 2.85. The number of para-hydroxylation sites is 1. The Hall–Kier alpha value is -1.85. The van der Waals surface area contributed by atoms with E-state index in [2.05, 4.69) is 24.5 Å². The Bertz CT molecular complexity index is 614. The molecular formula is C25H41N3O2. The fourth-order valence-corrected chi connectivity index (χ4v) is 4.18. The van der Waals surface area contributed by atoms with Gasteiger partial charge < -0.3 is 10.8 Å². The first kappa shape index (κ1) is 24.4. The van der Waals surface area contributed by atoms with E-state index in [-0.39, 0.29) is 0 Å². The molecule has 0 bridgehead atoms. The van der Waals surface area contributed by atoms with Gasteiger partial charge in [0, 0.05) is 12.6 Å². The van der Waals surface area contributed by atoms with Crippen molar-refractivity contribution >= 4 is 11.6 Å². The van der Waals surface area contributed by atoms with Crippen LogP contribution in [0.15, 0.2) is 42.5 Å². The van der Waals surface area contributed by atoms with E-state index in [1.165, 1.54) is 19.3 Å². The first-order valence-corrected chi connectivity index (χ1v) is 11.8. The zero-order valence-electron chi connectivity index (χ0n) is 18.6. The molecule has 2 rings (SSSR count). The van der Waals surface area contributed by atoms with Crippen molar-refractivity contribution in [3.05, 3.63) is 42.5 Å². The summed E-state index contributed by atoms with van der Waals surface area (Å²) in [7, 11) is 0. The Morgan fingerprint density at radius 2 is 1.90 bits per heavy atom. The molecule has 0 aromatic heterocycles. The van der Waals surface area contributed by atoms with Gasteiger partial charge in [0.15, 0.2) is 0 Å². The number of benzene rings is 1. The van der Waals surface area contributed by atoms with Crippen molar-refractivity contribution in [2.45, 2.75) is 89.7 Å². The lowest BCUT2D eigenvalue weighted by atomic mass is 9.84. The Morgan fingerprint density at radius 1 is 1.17 bits per heavy atom. The molecule has 4 N–H and O–H groups in total. The third-order valence-electron chi connectivity index (χ3n) is 5.97. The van der Waals surface area contributed by atoms with Crippen molar-refractivity contribution in [2.75, 3.05) is 11.6 Å². The number of nitrogens with one attached hydrogen (secondary N) is 1. The molecule has 1 aromatic carbocycles. The quantitative estimate of drug-likeness (QED) is 0.248. The normalized spacial score (nSPS) is 17.0. The lowest BCUT2D eigenvalue weighted by Crippen LogP contribution is -2.53. The minimum Gasteiger partial charge on any atom is -0.382 e. The number of hydrogen-bond acceptors (Lipinski definition) is 4. The smallest absolute Gasteiger partial charge is 0.268 e. The summed E-state index contributed by atoms with van der Waals surface area (Å²) >= 11 is 0. The Balaban J connectivity index is 1.85. The van der Waals surface area contributed by atoms with Gasteiger partial charge in [0.2, 0.25) is 0 Å². The molecule has 0 saturated heterocycles. The molecule has 30 heavy (non-hydrogen) atoms. The van der Waals surface area contributed by atoms with Gasteiger partial charge in [-0.15, -0.1) is 0 Å². The van der Waals surface area contributed by atoms with Crippen molar-refractivity contribution < 1.29 is 9.90 Å². The van der Waals surface area contributed by atoms with E-state index >= 15 is 0 Å². The standard InChI is InChI=1S/C25H41N3O2/c1-2-3-4-5-6-7-14-19-28(22-17-12-9-13-18-22)27-25(30)24(29)23(26)20-21-15-10-8-11-16-21/h3-4,9,12-13,17-18,21,23-24,29H,2,5-8,10-11,14-16,19-20,26H2,1H3,(H,27,30)/t23-,24?/m1/s1. The number of allylic oxidation sites excluding steroid dienone is 2. The van der Waals surface area contributed by atoms with Crippen molar-refractivity contribution in [1.82, 2.24) is 5.43 Å². The number of amides is 1. The number of nitrogens with two attached hydrogens (primary N) is 1. The van der Waals surface area contributed by atoms with Gasteiger partial charge in [-0.1, -0.05) is 75.8 Å². The summed E-state index contributed by atoms with van der Waals surface area (Å²) in [4.78, 5) is 12.7. The van der Waals surface area contributed by atoms with Gasteiger partial charge in [-0.3, -0.25) is 15.2 Å². The summed E-state index contributed by atoms with van der Waals surface area (Å²) in [5, 5.41) is 12.4. The molecule has 0 heterocycles. The molecule has 0 radical (unpaired) electrons. The van der Waals surface area contributed by atoms with Crippen LogP contribution in [0.25, 0.3) is 0 Å². The second-order valence-corrected chi connectivity index (χ2v) is 8.54. The largest absolute Gasteiger partial charge is 0.382 e. The van der Waals surface area contributed by atoms with Crippen LogP contribution in [0.1, 0.15) is 77.6 Å². The minimum absolute atomic E-state index is 0.409. The van der Waals surface area contributed by atoms with Crippen LogP contribution in [0.2, 0.25) is 0 Å². The van der Waals surface area contributed by atoms with E-state index in [1.54, 1.807) is 0 Å². The highest BCUT2D eigenvalue weighted by atomic mass is 16.3. The third kappa shape index (κ3) is 8.88. The number of carbonyl (C=O) groups excluding carboxylic acids is 1. The highest BCUT2D eigenvalue weighted by Gasteiger charge is 2.27. The second-order valence-electron chi connectivity index (χ2n) is 8.54. The fourth-order valence-electron chi connectivity index (χ4n) is 4.18. The van der Waals surface area contributed by atoms with Gasteiger partial charge >= 0.3 is 0 Å². The molecule has 168 valence electrons. The van der Waals surface area contributed by atoms with Crippen LogP contribution >= 0.6 is 0 Å². The molecule has 2 atom stereocenters. The maximum atomic E-state index is 12.7. The molecule has 1 aliphatic rings. The number of hydrazine groups is 1. The molecular weight excluding hydrogens is 374 g/mol. The molecule has 1 amide bonds. The molecule has 1 fully saturated rings. The van der Waals surface area contributed by atoms with Gasteiger partial charge in [0.1, 0.15) is 6.10 Å². The maximum absolute atomic E-state index is 12.7. The summed E-state index contributed by atoms with van der Waals surface area (Å²) in [6, 6.07) is 9.29. The zero-order valence-corrected chi connectivity index (χ0v) is 18.6. The van der Waals surface area contributed by atoms with Crippen LogP contribution in [0.3, 0.4) is 0 Å². The van der Waals surface area contributed by atoms with E-state index in [0.29, 0.717) is 18.9 Å². The summed E-state index contributed by atoms with van der Waals surface area (Å²) in [5.41, 5.74) is 10.0. The Labute approximate surface area is 182 Å². The van der Waals surface area contributed by atoms with Crippen LogP contribution in [-0.4, -0.2) is 29.7 Å². The van der Waals surface area contributed by atoms with Crippen LogP contribution in [-0.2, 0) is 4.79 Å². The number of carbonyl (C=O) groups is 1. The zero-order chi connectivity index (χ0) is 21.6. The molecule has 1 unspecified atom stereocenters. The third-order valence-corrected chi connectivity index (χ3v) is 5.97. The van der Waals surface area contributed by atoms with Crippen LogP contribution in [0.4, 0.5) is 5.69 Å². The SMILES string of the molecule is CCC=CCCCCCN(NC(=O)C(O)[C@H](N)CC1CCCCC1)c1ccccc1. The molecule has 1 aromatic rings. The van der Waals surface area contributed by atoms with Crippen molar-refractivity contribution in [3.8, 4) is 0 Å². The Kier molecular flexibility index (Phi) is 11.6. The number of aliphatic hydroxyl groups excluding tert-OH is 1. The number of nitrogens with zero attached hydrogens (tertiary/aromatic N) is 1. The molecule has 0 spiro atoms. The van der Waals surface area contributed by atoms with Crippen molar-refractivity contribution in [2.24, 2.45) is 11.7 Å². The number of unbranched alkanes of at least 4 members (excludes halogenated alkanes) is 3. The van der Waals surface area contributed by atoms with E-state index < -0.39 is 18.1 Å². The molecule has 5 heteroatoms. The van der Waals surface area contributed by atoms with Gasteiger partial charge in [-0.2, -0.15) is 0 Å². The number of aliphatic hydroxyl groups is 1. The lowest BCUT2D eigenvalue weighted by molar-refractivity contribution is -0.130. The molecule has 5 nitrogen and oxygen atoms in total. The summed E-state index contributed by atoms with van der Waals surface area (Å²) < 4.78 is 0. The van der Waals surface area contributed by atoms with E-state index in [9.17, 15) is 9.90 Å². The van der Waals surface area contributed by atoms with Gasteiger partial charge in [0.05, 0.1) is 5.69 Å². The highest BCUT2D eigenvalue weighted by molar-refractivity contribution is 5.82. The number of rotatable bonds is 13. The van der Waals surface area contributed by atoms with E-state index in [1.807, 2.05) is 35.3 Å². The molecule has 1 saturated carbocycles. The predicted octanol–water partition coefficient (Wildman–Crippen LogP) is 4.71. The molecule has 0 aliphatic heterocycles. The highest BCUT2D eigenvalue weighted by Crippen LogP contribution is 2.27. The van der Waals surface area contributed by atoms with Gasteiger partial charge in [-0.05, 0) is 50.2 Å². The van der Waals surface area contributed by atoms with Crippen LogP contribution in [0, 0.1) is 5.92 Å². The monoisotopic (exact) mass is 415 g/mol. The molecule has 1 aliphatic carbocycles. The van der Waals surface area contributed by atoms with Crippen molar-refractivity contribution in [3.63, 3.8) is 0 Å². The van der Waals surface area contributed by atoms with Crippen LogP contribution in [0.5, 0.6) is 0 Å². The predicted molar refractivity (Wildman–Crippen MR) is 125 cm³/mol. The average Bonchev–Trinajstić information content (AvgIpc) is 2.78.